The number of fused-ring (bicyclic) bond motifs is 3. The van der Waals surface area contributed by atoms with Crippen LogP contribution in [0.2, 0.25) is 0 Å². The number of aryl methyl sites for hydroxylation is 1. The van der Waals surface area contributed by atoms with Gasteiger partial charge in [0.05, 0.1) is 12.2 Å². The molecule has 0 aromatic heterocycles. The number of nitrogens with zero attached hydrogens (tertiary/aromatic N) is 1. The summed E-state index contributed by atoms with van der Waals surface area (Å²) in [5.74, 6) is 7.00. The van der Waals surface area contributed by atoms with Gasteiger partial charge in [0.15, 0.2) is 0 Å². The van der Waals surface area contributed by atoms with E-state index < -0.39 is 12.2 Å². The fourth-order valence-corrected chi connectivity index (χ4v) is 4.95. The second-order valence-corrected chi connectivity index (χ2v) is 10.9. The highest BCUT2D eigenvalue weighted by Gasteiger charge is 2.48. The second-order valence-electron chi connectivity index (χ2n) is 10.9. The van der Waals surface area contributed by atoms with Gasteiger partial charge >= 0.3 is 0 Å². The van der Waals surface area contributed by atoms with Gasteiger partial charge < -0.3 is 19.8 Å². The summed E-state index contributed by atoms with van der Waals surface area (Å²) in [7, 11) is 1.86. The first-order chi connectivity index (χ1) is 16.0. The molecule has 0 spiro atoms. The topological polar surface area (TPSA) is 70.0 Å². The minimum Gasteiger partial charge on any atom is -0.489 e. The Hall–Kier alpha value is -2.29. The van der Waals surface area contributed by atoms with Crippen LogP contribution in [0.4, 0.5) is 0 Å². The number of hydrogen-bond donors (Lipinski definition) is 2. The average Bonchev–Trinajstić information content (AvgIpc) is 3.29. The van der Waals surface area contributed by atoms with E-state index in [0.29, 0.717) is 19.3 Å². The van der Waals surface area contributed by atoms with Crippen LogP contribution >= 0.6 is 0 Å². The van der Waals surface area contributed by atoms with Gasteiger partial charge in [-0.3, -0.25) is 4.79 Å². The lowest BCUT2D eigenvalue weighted by Gasteiger charge is -2.32. The van der Waals surface area contributed by atoms with Crippen molar-refractivity contribution in [3.05, 3.63) is 41.5 Å². The zero-order valence-corrected chi connectivity index (χ0v) is 21.5. The van der Waals surface area contributed by atoms with Gasteiger partial charge in [0, 0.05) is 49.2 Å². The van der Waals surface area contributed by atoms with Gasteiger partial charge in [-0.25, -0.2) is 0 Å². The van der Waals surface area contributed by atoms with E-state index in [2.05, 4.69) is 30.0 Å². The zero-order chi connectivity index (χ0) is 25.0. The summed E-state index contributed by atoms with van der Waals surface area (Å²) < 4.78 is 6.36. The number of benzene rings is 1. The number of aliphatic hydroxyl groups is 2. The number of rotatable bonds is 8. The van der Waals surface area contributed by atoms with Crippen LogP contribution in [0.25, 0.3) is 0 Å². The Balaban J connectivity index is 1.68. The first-order valence-corrected chi connectivity index (χ1v) is 12.5. The summed E-state index contributed by atoms with van der Waals surface area (Å²) in [6.07, 6.45) is 5.92. The van der Waals surface area contributed by atoms with E-state index in [1.54, 1.807) is 6.92 Å². The summed E-state index contributed by atoms with van der Waals surface area (Å²) >= 11 is 0. The van der Waals surface area contributed by atoms with Crippen molar-refractivity contribution in [2.45, 2.75) is 96.5 Å². The van der Waals surface area contributed by atoms with Crippen LogP contribution in [0.3, 0.4) is 0 Å². The maximum absolute atomic E-state index is 12.5. The summed E-state index contributed by atoms with van der Waals surface area (Å²) in [6.45, 7) is 9.91. The van der Waals surface area contributed by atoms with E-state index >= 15 is 0 Å². The lowest BCUT2D eigenvalue weighted by Crippen LogP contribution is -2.42. The Labute approximate surface area is 205 Å². The summed E-state index contributed by atoms with van der Waals surface area (Å²) in [4.78, 5) is 14.3. The lowest BCUT2D eigenvalue weighted by molar-refractivity contribution is -0.134. The zero-order valence-electron chi connectivity index (χ0n) is 21.5. The monoisotopic (exact) mass is 467 g/mol. The highest BCUT2D eigenvalue weighted by atomic mass is 16.5. The van der Waals surface area contributed by atoms with Gasteiger partial charge in [-0.2, -0.15) is 0 Å². The molecule has 1 heterocycles. The third-order valence-electron chi connectivity index (χ3n) is 7.42. The lowest BCUT2D eigenvalue weighted by atomic mass is 9.86. The minimum absolute atomic E-state index is 0.0387. The van der Waals surface area contributed by atoms with Gasteiger partial charge in [0.25, 0.3) is 0 Å². The first-order valence-electron chi connectivity index (χ1n) is 12.5. The van der Waals surface area contributed by atoms with E-state index in [9.17, 15) is 15.0 Å². The van der Waals surface area contributed by atoms with E-state index in [-0.39, 0.29) is 35.3 Å². The predicted molar refractivity (Wildman–Crippen MR) is 136 cm³/mol. The molecule has 0 bridgehead atoms. The van der Waals surface area contributed by atoms with E-state index in [0.717, 1.165) is 29.7 Å². The second kappa shape index (κ2) is 11.0. The third kappa shape index (κ3) is 5.85. The quantitative estimate of drug-likeness (QED) is 0.438. The van der Waals surface area contributed by atoms with Crippen LogP contribution in [0.1, 0.15) is 77.3 Å². The number of ether oxygens (including phenoxy) is 1. The molecular formula is C29H41NO4. The Morgan fingerprint density at radius 3 is 2.76 bits per heavy atom. The molecule has 0 saturated heterocycles. The van der Waals surface area contributed by atoms with E-state index in [1.807, 2.05) is 51.8 Å². The standard InChI is InChI=1S/C29H41NO4/c1-7-8-11-19(2)23(31)17-16-21-24(32)18-25-27(21)22-14-9-12-20(28(22)34-25)13-10-15-26(33)30(6)29(3,4)5/h9,12,14,16-17,19,21,23-25,27,31-32H,10-11,13,15,18H2,1-6H3/t19-,21+,23-,24-,25+,27+/m1/s1. The van der Waals surface area contributed by atoms with Crippen LogP contribution in [0, 0.1) is 23.7 Å². The van der Waals surface area contributed by atoms with E-state index in [1.165, 1.54) is 0 Å². The minimum atomic E-state index is -0.594. The molecule has 186 valence electrons. The highest BCUT2D eigenvalue weighted by Crippen LogP contribution is 2.52. The van der Waals surface area contributed by atoms with Crippen molar-refractivity contribution in [3.8, 4) is 17.6 Å². The summed E-state index contributed by atoms with van der Waals surface area (Å²) in [5.41, 5.74) is 2.08. The number of aliphatic hydroxyl groups excluding tert-OH is 2. The summed E-state index contributed by atoms with van der Waals surface area (Å²) in [5, 5.41) is 21.2. The highest BCUT2D eigenvalue weighted by molar-refractivity contribution is 5.76. The number of amides is 1. The Morgan fingerprint density at radius 1 is 1.35 bits per heavy atom. The van der Waals surface area contributed by atoms with Gasteiger partial charge in [0.1, 0.15) is 11.9 Å². The van der Waals surface area contributed by atoms with Crippen molar-refractivity contribution in [3.63, 3.8) is 0 Å². The van der Waals surface area contributed by atoms with Crippen molar-refractivity contribution in [1.82, 2.24) is 4.90 Å². The number of carbonyl (C=O) groups is 1. The Kier molecular flexibility index (Phi) is 8.49. The number of hydrogen-bond acceptors (Lipinski definition) is 4. The third-order valence-corrected chi connectivity index (χ3v) is 7.42. The molecule has 6 atom stereocenters. The summed E-state index contributed by atoms with van der Waals surface area (Å²) in [6, 6.07) is 6.23. The smallest absolute Gasteiger partial charge is 0.222 e. The Bertz CT molecular complexity index is 951. The maximum Gasteiger partial charge on any atom is 0.222 e. The van der Waals surface area contributed by atoms with Crippen LogP contribution < -0.4 is 4.74 Å². The van der Waals surface area contributed by atoms with E-state index in [4.69, 9.17) is 4.74 Å². The predicted octanol–water partition coefficient (Wildman–Crippen LogP) is 4.46. The van der Waals surface area contributed by atoms with Crippen LogP contribution in [-0.4, -0.2) is 51.9 Å². The van der Waals surface area contributed by atoms with Gasteiger partial charge in [-0.05, 0) is 52.0 Å². The molecule has 2 aliphatic rings. The fourth-order valence-electron chi connectivity index (χ4n) is 4.95. The van der Waals surface area contributed by atoms with Crippen molar-refractivity contribution < 1.29 is 19.7 Å². The van der Waals surface area contributed by atoms with Crippen molar-refractivity contribution in [2.75, 3.05) is 7.05 Å². The molecule has 5 heteroatoms. The maximum atomic E-state index is 12.5. The molecule has 2 N–H and O–H groups in total. The number of para-hydroxylation sites is 1. The van der Waals surface area contributed by atoms with Crippen molar-refractivity contribution in [1.29, 1.82) is 0 Å². The van der Waals surface area contributed by atoms with Gasteiger partial charge in [-0.1, -0.05) is 37.3 Å². The molecule has 1 aliphatic carbocycles. The average molecular weight is 468 g/mol. The van der Waals surface area contributed by atoms with Crippen molar-refractivity contribution >= 4 is 5.91 Å². The normalized spacial score (nSPS) is 25.2. The molecule has 1 saturated carbocycles. The van der Waals surface area contributed by atoms with Crippen LogP contribution in [0.5, 0.6) is 5.75 Å². The first kappa shape index (κ1) is 26.3. The number of carbonyl (C=O) groups excluding carboxylic acids is 1. The molecule has 0 unspecified atom stereocenters. The molecule has 0 radical (unpaired) electrons. The molecule has 1 aromatic rings. The fraction of sp³-hybridized carbons (Fsp3) is 0.621. The SMILES string of the molecule is CC#CC[C@@H](C)[C@H](O)C=C[C@@H]1[C@H]2c3cccc(CCCC(=O)N(C)C(C)(C)C)c3O[C@H]2C[C@H]1O. The largest absolute Gasteiger partial charge is 0.489 e. The molecule has 1 aliphatic heterocycles. The van der Waals surface area contributed by atoms with Gasteiger partial charge in [-0.15, -0.1) is 11.8 Å². The molecular weight excluding hydrogens is 426 g/mol. The van der Waals surface area contributed by atoms with Crippen LogP contribution in [-0.2, 0) is 11.2 Å². The van der Waals surface area contributed by atoms with Crippen molar-refractivity contribution in [2.24, 2.45) is 11.8 Å². The molecule has 1 amide bonds. The van der Waals surface area contributed by atoms with Crippen LogP contribution in [0.15, 0.2) is 30.4 Å². The molecule has 1 fully saturated rings. The Morgan fingerprint density at radius 2 is 2.09 bits per heavy atom. The molecule has 5 nitrogen and oxygen atoms in total. The molecule has 34 heavy (non-hydrogen) atoms. The molecule has 1 aromatic carbocycles. The molecule has 3 rings (SSSR count). The van der Waals surface area contributed by atoms with Gasteiger partial charge in [0.2, 0.25) is 5.91 Å².